The smallest absolute Gasteiger partial charge is 0.407 e. The van der Waals surface area contributed by atoms with Gasteiger partial charge in [-0.25, -0.2) is 9.59 Å². The Kier molecular flexibility index (Phi) is 14.1. The van der Waals surface area contributed by atoms with Crippen LogP contribution >= 0.6 is 0 Å². The van der Waals surface area contributed by atoms with Gasteiger partial charge in [-0.15, -0.1) is 0 Å². The number of carbonyl (C=O) groups excluding carboxylic acids is 6. The molecule has 5 amide bonds. The molecule has 0 aromatic heterocycles. The Hall–Kier alpha value is -4.53. The van der Waals surface area contributed by atoms with Gasteiger partial charge in [0.25, 0.3) is 5.91 Å². The van der Waals surface area contributed by atoms with Crippen LogP contribution < -0.4 is 21.3 Å². The van der Waals surface area contributed by atoms with Gasteiger partial charge in [-0.3, -0.25) is 24.0 Å². The van der Waals surface area contributed by atoms with E-state index in [2.05, 4.69) is 21.3 Å². The summed E-state index contributed by atoms with van der Waals surface area (Å²) in [6, 6.07) is 3.13. The van der Waals surface area contributed by atoms with Crippen molar-refractivity contribution in [3.63, 3.8) is 0 Å². The molecule has 15 nitrogen and oxygen atoms in total. The first-order valence-electron chi connectivity index (χ1n) is 16.1. The monoisotopic (exact) mass is 659 g/mol. The Morgan fingerprint density at radius 3 is 2.26 bits per heavy atom. The quantitative estimate of drug-likeness (QED) is 0.144. The van der Waals surface area contributed by atoms with Crippen molar-refractivity contribution >= 4 is 41.5 Å². The number of aliphatic hydroxyl groups excluding tert-OH is 1. The number of nitrogens with one attached hydrogen (secondary N) is 4. The summed E-state index contributed by atoms with van der Waals surface area (Å²) >= 11 is 0. The van der Waals surface area contributed by atoms with E-state index in [1.165, 1.54) is 17.0 Å². The Morgan fingerprint density at radius 2 is 1.64 bits per heavy atom. The van der Waals surface area contributed by atoms with Gasteiger partial charge in [0.1, 0.15) is 12.1 Å². The second-order valence-corrected chi connectivity index (χ2v) is 11.8. The Balaban J connectivity index is 1.66. The average Bonchev–Trinajstić information content (AvgIpc) is 3.46. The topological polar surface area (TPSA) is 221 Å². The summed E-state index contributed by atoms with van der Waals surface area (Å²) in [4.78, 5) is 90.8. The van der Waals surface area contributed by atoms with Crippen molar-refractivity contribution in [2.45, 2.75) is 95.5 Å². The van der Waals surface area contributed by atoms with E-state index in [4.69, 9.17) is 4.74 Å². The summed E-state index contributed by atoms with van der Waals surface area (Å²) in [7, 11) is 0. The molecule has 1 saturated carbocycles. The molecule has 6 N–H and O–H groups in total. The molecule has 258 valence electrons. The standard InChI is InChI=1S/C32H45N5O10/c1-3-11-22(27(40)29(42)33-17-24(39)35-26(31(44)45)20-14-9-6-10-15-20)34-28(41)23-16-21(38)18-37(23)30(43)25(36-32(46)47-4-2)19-12-7-5-8-13-19/h6,9-10,14-15,19,21-23,25-26,38H,3-5,7-8,11-13,16-18H2,1-2H3,(H,33,42)(H,34,41)(H,35,39)(H,36,46)(H,44,45)/t21-,22?,23?,25+,26+/m1/s1. The number of amides is 5. The number of ketones is 1. The zero-order valence-corrected chi connectivity index (χ0v) is 26.7. The maximum absolute atomic E-state index is 13.8. The number of carbonyl (C=O) groups is 7. The third kappa shape index (κ3) is 10.5. The zero-order chi connectivity index (χ0) is 34.5. The molecule has 2 unspecified atom stereocenters. The highest BCUT2D eigenvalue weighted by atomic mass is 16.5. The summed E-state index contributed by atoms with van der Waals surface area (Å²) in [6.07, 6.45) is 2.71. The SMILES string of the molecule is CCCC(NC(=O)C1C[C@@H](O)CN1C(=O)[C@@H](NC(=O)OCC)C1CCCCC1)C(=O)C(=O)NCC(=O)N[C@H](C(=O)O)c1ccccc1. The van der Waals surface area contributed by atoms with E-state index in [0.717, 1.165) is 19.3 Å². The highest BCUT2D eigenvalue weighted by Crippen LogP contribution is 2.29. The van der Waals surface area contributed by atoms with E-state index in [9.17, 15) is 43.8 Å². The number of likely N-dealkylation sites (tertiary alicyclic amines) is 1. The number of aliphatic carboxylic acids is 1. The van der Waals surface area contributed by atoms with E-state index in [0.29, 0.717) is 24.8 Å². The number of hydrogen-bond donors (Lipinski definition) is 6. The maximum Gasteiger partial charge on any atom is 0.407 e. The van der Waals surface area contributed by atoms with Crippen LogP contribution in [0.15, 0.2) is 30.3 Å². The first-order valence-corrected chi connectivity index (χ1v) is 16.1. The van der Waals surface area contributed by atoms with Crippen LogP contribution in [0.2, 0.25) is 0 Å². The van der Waals surface area contributed by atoms with Crippen LogP contribution in [0.25, 0.3) is 0 Å². The number of hydrogen-bond acceptors (Lipinski definition) is 9. The lowest BCUT2D eigenvalue weighted by molar-refractivity contribution is -0.144. The molecule has 15 heteroatoms. The summed E-state index contributed by atoms with van der Waals surface area (Å²) in [5, 5.41) is 29.6. The lowest BCUT2D eigenvalue weighted by atomic mass is 9.83. The largest absolute Gasteiger partial charge is 0.479 e. The third-order valence-electron chi connectivity index (χ3n) is 8.33. The first-order chi connectivity index (χ1) is 22.5. The molecule has 47 heavy (non-hydrogen) atoms. The number of benzene rings is 1. The molecule has 5 atom stereocenters. The number of nitrogens with zero attached hydrogens (tertiary/aromatic N) is 1. The van der Waals surface area contributed by atoms with Gasteiger partial charge in [0.15, 0.2) is 6.04 Å². The van der Waals surface area contributed by atoms with Crippen molar-refractivity contribution in [3.05, 3.63) is 35.9 Å². The van der Waals surface area contributed by atoms with Gasteiger partial charge in [0.05, 0.1) is 25.3 Å². The second-order valence-electron chi connectivity index (χ2n) is 11.8. The van der Waals surface area contributed by atoms with E-state index in [-0.39, 0.29) is 31.9 Å². The highest BCUT2D eigenvalue weighted by Gasteiger charge is 2.44. The fourth-order valence-electron chi connectivity index (χ4n) is 6.01. The molecular formula is C32H45N5O10. The van der Waals surface area contributed by atoms with Gasteiger partial charge in [0, 0.05) is 13.0 Å². The lowest BCUT2D eigenvalue weighted by Crippen LogP contribution is -2.58. The fraction of sp³-hybridized carbons (Fsp3) is 0.594. The van der Waals surface area contributed by atoms with Crippen molar-refractivity contribution < 1.29 is 48.5 Å². The Bertz CT molecular complexity index is 1290. The number of carboxylic acids is 1. The van der Waals surface area contributed by atoms with Gasteiger partial charge in [-0.2, -0.15) is 0 Å². The average molecular weight is 660 g/mol. The molecule has 1 heterocycles. The third-order valence-corrected chi connectivity index (χ3v) is 8.33. The molecule has 1 aromatic carbocycles. The summed E-state index contributed by atoms with van der Waals surface area (Å²) in [5.74, 6) is -5.85. The minimum absolute atomic E-state index is 0.0671. The van der Waals surface area contributed by atoms with E-state index < -0.39 is 78.3 Å². The molecule has 0 spiro atoms. The number of rotatable bonds is 15. The summed E-state index contributed by atoms with van der Waals surface area (Å²) < 4.78 is 5.01. The normalized spacial score (nSPS) is 19.9. The summed E-state index contributed by atoms with van der Waals surface area (Å²) in [5.41, 5.74) is 0.313. The van der Waals surface area contributed by atoms with Gasteiger partial charge >= 0.3 is 12.1 Å². The van der Waals surface area contributed by atoms with Gasteiger partial charge in [0.2, 0.25) is 23.5 Å². The van der Waals surface area contributed by atoms with Crippen LogP contribution in [0.3, 0.4) is 0 Å². The molecule has 0 bridgehead atoms. The number of β-amino-alcohol motifs (C(OH)–C–C–N with tert-alkyl or cyclic N) is 1. The van der Waals surface area contributed by atoms with Crippen LogP contribution in [0.5, 0.6) is 0 Å². The molecule has 1 aromatic rings. The number of ether oxygens (including phenoxy) is 1. The molecule has 0 radical (unpaired) electrons. The van der Waals surface area contributed by atoms with Crippen LogP contribution in [0, 0.1) is 5.92 Å². The van der Waals surface area contributed by atoms with Crippen molar-refractivity contribution in [2.75, 3.05) is 19.7 Å². The Morgan fingerprint density at radius 1 is 0.957 bits per heavy atom. The number of carboxylic acid groups (broad SMARTS) is 1. The van der Waals surface area contributed by atoms with E-state index >= 15 is 0 Å². The van der Waals surface area contributed by atoms with Crippen LogP contribution in [0.1, 0.15) is 76.8 Å². The molecule has 2 aliphatic rings. The van der Waals surface area contributed by atoms with E-state index in [1.54, 1.807) is 32.0 Å². The van der Waals surface area contributed by atoms with Crippen molar-refractivity contribution in [1.82, 2.24) is 26.2 Å². The van der Waals surface area contributed by atoms with Crippen LogP contribution in [-0.2, 0) is 33.5 Å². The predicted molar refractivity (Wildman–Crippen MR) is 166 cm³/mol. The number of alkyl carbamates (subject to hydrolysis) is 1. The number of aliphatic hydroxyl groups is 1. The molecule has 1 aliphatic heterocycles. The first kappa shape index (κ1) is 36.9. The minimum atomic E-state index is -1.37. The molecular weight excluding hydrogens is 614 g/mol. The lowest BCUT2D eigenvalue weighted by Gasteiger charge is -2.34. The number of Topliss-reactive ketones (excluding diaryl/α,β-unsaturated/α-hetero) is 1. The van der Waals surface area contributed by atoms with Gasteiger partial charge in [-0.1, -0.05) is 62.9 Å². The predicted octanol–water partition coefficient (Wildman–Crippen LogP) is 0.556. The van der Waals surface area contributed by atoms with Crippen molar-refractivity contribution in [1.29, 1.82) is 0 Å². The zero-order valence-electron chi connectivity index (χ0n) is 26.7. The van der Waals surface area contributed by atoms with Crippen LogP contribution in [-0.4, -0.2) is 101 Å². The van der Waals surface area contributed by atoms with Gasteiger partial charge in [-0.05, 0) is 37.7 Å². The van der Waals surface area contributed by atoms with Gasteiger partial charge < -0.3 is 41.1 Å². The highest BCUT2D eigenvalue weighted by molar-refractivity contribution is 6.38. The van der Waals surface area contributed by atoms with Crippen LogP contribution in [0.4, 0.5) is 4.79 Å². The van der Waals surface area contributed by atoms with Crippen molar-refractivity contribution in [2.24, 2.45) is 5.92 Å². The molecule has 1 aliphatic carbocycles. The second kappa shape index (κ2) is 18.0. The maximum atomic E-state index is 13.8. The molecule has 3 rings (SSSR count). The Labute approximate surface area is 273 Å². The minimum Gasteiger partial charge on any atom is -0.479 e. The fourth-order valence-corrected chi connectivity index (χ4v) is 6.01. The summed E-state index contributed by atoms with van der Waals surface area (Å²) in [6.45, 7) is 2.62. The molecule has 1 saturated heterocycles. The van der Waals surface area contributed by atoms with E-state index in [1.807, 2.05) is 0 Å². The van der Waals surface area contributed by atoms with Crippen molar-refractivity contribution in [3.8, 4) is 0 Å². The molecule has 2 fully saturated rings.